The van der Waals surface area contributed by atoms with Gasteiger partial charge in [-0.2, -0.15) is 8.42 Å². The molecule has 0 radical (unpaired) electrons. The van der Waals surface area contributed by atoms with Crippen LogP contribution in [0.4, 0.5) is 4.70 Å². The lowest BCUT2D eigenvalue weighted by Gasteiger charge is -2.12. The van der Waals surface area contributed by atoms with Gasteiger partial charge in [-0.25, -0.2) is 0 Å². The molecule has 0 aliphatic rings. The van der Waals surface area contributed by atoms with E-state index in [-0.39, 0.29) is 4.70 Å². The van der Waals surface area contributed by atoms with Crippen molar-refractivity contribution in [3.05, 3.63) is 0 Å². The topological polar surface area (TPSA) is 54.4 Å². The van der Waals surface area contributed by atoms with Gasteiger partial charge in [-0.1, -0.05) is 0 Å². The van der Waals surface area contributed by atoms with Crippen LogP contribution >= 0.6 is 0 Å². The molecule has 0 heterocycles. The van der Waals surface area contributed by atoms with Crippen LogP contribution in [0.1, 0.15) is 20.8 Å². The van der Waals surface area contributed by atoms with Gasteiger partial charge in [-0.15, -0.1) is 0 Å². The largest absolute Gasteiger partial charge is 0.285 e. The molecule has 0 rings (SSSR count). The van der Waals surface area contributed by atoms with Gasteiger partial charge in [0, 0.05) is 0 Å². The second kappa shape index (κ2) is 2.62. The van der Waals surface area contributed by atoms with E-state index < -0.39 is 14.9 Å². The summed E-state index contributed by atoms with van der Waals surface area (Å²) in [5.41, 5.74) is 0. The van der Waals surface area contributed by atoms with Gasteiger partial charge in [-0.05, 0) is 20.8 Å². The van der Waals surface area contributed by atoms with Gasteiger partial charge in [0.2, 0.25) is 0 Å². The fourth-order valence-electron chi connectivity index (χ4n) is 0. The smallest absolute Gasteiger partial charge is 0.269 e. The number of halogens is 1. The van der Waals surface area contributed by atoms with Gasteiger partial charge in [0.25, 0.3) is 10.1 Å². The van der Waals surface area contributed by atoms with Gasteiger partial charge >= 0.3 is 0 Å². The van der Waals surface area contributed by atoms with Crippen molar-refractivity contribution < 1.29 is 17.7 Å². The molecule has 0 unspecified atom stereocenters. The number of rotatable bonds is 0. The van der Waals surface area contributed by atoms with E-state index in [4.69, 9.17) is 4.55 Å². The molecule has 5 heteroatoms. The van der Waals surface area contributed by atoms with Crippen molar-refractivity contribution in [1.29, 1.82) is 0 Å². The van der Waals surface area contributed by atoms with Crippen LogP contribution in [0.3, 0.4) is 0 Å². The molecule has 0 saturated carbocycles. The second-order valence-electron chi connectivity index (χ2n) is 2.59. The van der Waals surface area contributed by atoms with Crippen LogP contribution in [0.25, 0.3) is 0 Å². The van der Waals surface area contributed by atoms with Crippen LogP contribution in [-0.2, 0) is 10.1 Å². The summed E-state index contributed by atoms with van der Waals surface area (Å²) in [5, 5.41) is 0. The van der Waals surface area contributed by atoms with Crippen molar-refractivity contribution in [3.63, 3.8) is 0 Å². The molecule has 3 nitrogen and oxygen atoms in total. The fraction of sp³-hybridized carbons (Fsp3) is 1.00. The summed E-state index contributed by atoms with van der Waals surface area (Å²) in [6, 6.07) is 0. The van der Waals surface area contributed by atoms with E-state index in [1.165, 1.54) is 20.8 Å². The summed E-state index contributed by atoms with van der Waals surface area (Å²) in [4.78, 5) is 0. The van der Waals surface area contributed by atoms with E-state index in [1.807, 2.05) is 0 Å². The van der Waals surface area contributed by atoms with E-state index in [9.17, 15) is 8.42 Å². The maximum absolute atomic E-state index is 10.2. The lowest BCUT2D eigenvalue weighted by Crippen LogP contribution is -2.26. The molecule has 0 aromatic carbocycles. The molecule has 0 saturated heterocycles. The Morgan fingerprint density at radius 1 is 1.22 bits per heavy atom. The predicted molar refractivity (Wildman–Crippen MR) is 33.8 cm³/mol. The fourth-order valence-corrected chi connectivity index (χ4v) is 0. The van der Waals surface area contributed by atoms with Gasteiger partial charge in [0.05, 0.1) is 4.75 Å². The summed E-state index contributed by atoms with van der Waals surface area (Å²) in [6.07, 6.45) is 0. The molecule has 0 atom stereocenters. The normalized spacial score (nSPS) is 12.4. The minimum atomic E-state index is -3.84. The molecule has 0 spiro atoms. The summed E-state index contributed by atoms with van der Waals surface area (Å²) in [6.45, 7) is 4.30. The van der Waals surface area contributed by atoms with E-state index in [0.29, 0.717) is 0 Å². The van der Waals surface area contributed by atoms with Crippen LogP contribution in [0.5, 0.6) is 0 Å². The van der Waals surface area contributed by atoms with Crippen molar-refractivity contribution in [2.45, 2.75) is 25.5 Å². The standard InChI is InChI=1S/C4H10O3S.FH/c1-4(2,3)8(5,6)7;/h1-3H3,(H,5,6,7);1H. The van der Waals surface area contributed by atoms with E-state index >= 15 is 0 Å². The molecule has 0 aromatic rings. The van der Waals surface area contributed by atoms with Crippen molar-refractivity contribution in [2.24, 2.45) is 0 Å². The zero-order valence-corrected chi connectivity index (χ0v) is 6.40. The quantitative estimate of drug-likeness (QED) is 0.531. The second-order valence-corrected chi connectivity index (χ2v) is 4.76. The highest BCUT2D eigenvalue weighted by Gasteiger charge is 2.25. The first-order valence-corrected chi connectivity index (χ1v) is 3.66. The van der Waals surface area contributed by atoms with E-state index in [1.54, 1.807) is 0 Å². The Morgan fingerprint density at radius 3 is 1.33 bits per heavy atom. The van der Waals surface area contributed by atoms with Crippen LogP contribution in [0.15, 0.2) is 0 Å². The maximum Gasteiger partial charge on any atom is 0.269 e. The molecule has 0 bridgehead atoms. The average molecular weight is 158 g/mol. The highest BCUT2D eigenvalue weighted by Crippen LogP contribution is 2.11. The third-order valence-corrected chi connectivity index (χ3v) is 2.32. The Hall–Kier alpha value is -0.160. The zero-order chi connectivity index (χ0) is 7.00. The summed E-state index contributed by atoms with van der Waals surface area (Å²) >= 11 is 0. The van der Waals surface area contributed by atoms with Crippen LogP contribution in [0, 0.1) is 0 Å². The van der Waals surface area contributed by atoms with Crippen molar-refractivity contribution in [1.82, 2.24) is 0 Å². The van der Waals surface area contributed by atoms with E-state index in [2.05, 4.69) is 0 Å². The minimum absolute atomic E-state index is 0. The number of hydrogen-bond donors (Lipinski definition) is 1. The Balaban J connectivity index is 0. The Labute approximate surface area is 54.2 Å². The number of hydrogen-bond acceptors (Lipinski definition) is 2. The predicted octanol–water partition coefficient (Wildman–Crippen LogP) is 0.825. The third kappa shape index (κ3) is 3.42. The third-order valence-electron chi connectivity index (χ3n) is 0.774. The van der Waals surface area contributed by atoms with Gasteiger partial charge in [0.15, 0.2) is 0 Å². The molecule has 0 aliphatic carbocycles. The van der Waals surface area contributed by atoms with Gasteiger partial charge < -0.3 is 0 Å². The van der Waals surface area contributed by atoms with Crippen molar-refractivity contribution in [3.8, 4) is 0 Å². The monoisotopic (exact) mass is 158 g/mol. The first-order chi connectivity index (χ1) is 3.25. The van der Waals surface area contributed by atoms with Crippen molar-refractivity contribution in [2.75, 3.05) is 0 Å². The van der Waals surface area contributed by atoms with Crippen LogP contribution in [-0.4, -0.2) is 17.7 Å². The zero-order valence-electron chi connectivity index (χ0n) is 5.58. The molecule has 58 valence electrons. The molecule has 0 amide bonds. The Morgan fingerprint density at radius 2 is 1.33 bits per heavy atom. The maximum atomic E-state index is 10.2. The lowest BCUT2D eigenvalue weighted by molar-refractivity contribution is 0.450. The summed E-state index contributed by atoms with van der Waals surface area (Å²) < 4.78 is 27.7. The SMILES string of the molecule is CC(C)(C)S(=O)(=O)O.F. The molecule has 0 aromatic heterocycles. The minimum Gasteiger partial charge on any atom is -0.285 e. The molecule has 1 N–H and O–H groups in total. The molecule has 0 aliphatic heterocycles. The first-order valence-electron chi connectivity index (χ1n) is 2.22. The van der Waals surface area contributed by atoms with Crippen molar-refractivity contribution >= 4 is 10.1 Å². The molecule has 9 heavy (non-hydrogen) atoms. The summed E-state index contributed by atoms with van der Waals surface area (Å²) in [7, 11) is -3.84. The molecular formula is C4H11FO3S. The Kier molecular flexibility index (Phi) is 3.38. The first kappa shape index (κ1) is 11.6. The van der Waals surface area contributed by atoms with Crippen LogP contribution in [0.2, 0.25) is 0 Å². The average Bonchev–Trinajstić information content (AvgIpc) is 1.25. The highest BCUT2D eigenvalue weighted by molar-refractivity contribution is 7.87. The van der Waals surface area contributed by atoms with E-state index in [0.717, 1.165) is 0 Å². The molecular weight excluding hydrogens is 147 g/mol. The molecule has 0 fully saturated rings. The van der Waals surface area contributed by atoms with Crippen LogP contribution < -0.4 is 0 Å². The lowest BCUT2D eigenvalue weighted by atomic mass is 10.3. The Bertz CT molecular complexity index is 165. The van der Waals surface area contributed by atoms with Gasteiger partial charge in [-0.3, -0.25) is 9.26 Å². The highest BCUT2D eigenvalue weighted by atomic mass is 32.2. The summed E-state index contributed by atoms with van der Waals surface area (Å²) in [5.74, 6) is 0. The van der Waals surface area contributed by atoms with Gasteiger partial charge in [0.1, 0.15) is 0 Å².